The first-order valence-electron chi connectivity index (χ1n) is 10.5. The van der Waals surface area contributed by atoms with E-state index in [-0.39, 0.29) is 11.3 Å². The SMILES string of the molecule is CCOc1ccc(-c2nn3c(nc2=O)-c2ccccc2N[C@@H]3c2ccc(C(=O)O)cc2)cc1. The standard InChI is InChI=1S/C25H20N4O4/c1-2-33-18-13-11-15(12-14-18)21-24(30)27-23-19-5-3-4-6-20(19)26-22(29(23)28-21)16-7-9-17(10-8-16)25(31)32/h3-14,22,26H,2H2,1H3,(H,31,32)/t22-/m0/s1. The summed E-state index contributed by atoms with van der Waals surface area (Å²) in [6.07, 6.45) is -0.479. The van der Waals surface area contributed by atoms with Crippen molar-refractivity contribution in [3.63, 3.8) is 0 Å². The predicted octanol–water partition coefficient (Wildman–Crippen LogP) is 4.04. The van der Waals surface area contributed by atoms with Crippen LogP contribution >= 0.6 is 0 Å². The number of carboxylic acids is 1. The summed E-state index contributed by atoms with van der Waals surface area (Å²) < 4.78 is 7.16. The van der Waals surface area contributed by atoms with Crippen LogP contribution in [0.15, 0.2) is 77.6 Å². The van der Waals surface area contributed by atoms with Crippen LogP contribution in [0.1, 0.15) is 29.0 Å². The molecule has 164 valence electrons. The number of anilines is 1. The lowest BCUT2D eigenvalue weighted by Gasteiger charge is -2.30. The van der Waals surface area contributed by atoms with Gasteiger partial charge in [0.1, 0.15) is 11.9 Å². The molecule has 8 nitrogen and oxygen atoms in total. The van der Waals surface area contributed by atoms with Crippen molar-refractivity contribution >= 4 is 11.7 Å². The molecule has 0 saturated carbocycles. The van der Waals surface area contributed by atoms with E-state index in [9.17, 15) is 14.7 Å². The fourth-order valence-electron chi connectivity index (χ4n) is 3.86. The summed E-state index contributed by atoms with van der Waals surface area (Å²) >= 11 is 0. The van der Waals surface area contributed by atoms with Crippen molar-refractivity contribution in [2.75, 3.05) is 11.9 Å². The highest BCUT2D eigenvalue weighted by Gasteiger charge is 2.28. The van der Waals surface area contributed by atoms with E-state index in [4.69, 9.17) is 9.84 Å². The van der Waals surface area contributed by atoms with Gasteiger partial charge in [-0.05, 0) is 61.0 Å². The Labute approximate surface area is 189 Å². The van der Waals surface area contributed by atoms with Crippen molar-refractivity contribution in [3.05, 3.63) is 94.3 Å². The number of benzene rings is 3. The summed E-state index contributed by atoms with van der Waals surface area (Å²) in [4.78, 5) is 28.6. The Morgan fingerprint density at radius 1 is 1.06 bits per heavy atom. The van der Waals surface area contributed by atoms with E-state index in [1.165, 1.54) is 0 Å². The van der Waals surface area contributed by atoms with Gasteiger partial charge in [-0.25, -0.2) is 9.48 Å². The first kappa shape index (κ1) is 20.4. The van der Waals surface area contributed by atoms with Crippen LogP contribution in [0.3, 0.4) is 0 Å². The van der Waals surface area contributed by atoms with Gasteiger partial charge in [-0.1, -0.05) is 24.3 Å². The number of aromatic carboxylic acids is 1. The first-order valence-corrected chi connectivity index (χ1v) is 10.5. The zero-order valence-corrected chi connectivity index (χ0v) is 17.7. The molecule has 4 aromatic rings. The van der Waals surface area contributed by atoms with Gasteiger partial charge in [0.05, 0.1) is 12.2 Å². The second kappa shape index (κ2) is 8.23. The van der Waals surface area contributed by atoms with Gasteiger partial charge < -0.3 is 15.2 Å². The topological polar surface area (TPSA) is 106 Å². The summed E-state index contributed by atoms with van der Waals surface area (Å²) in [6, 6.07) is 21.3. The smallest absolute Gasteiger partial charge is 0.335 e. The van der Waals surface area contributed by atoms with Crippen molar-refractivity contribution in [2.24, 2.45) is 0 Å². The summed E-state index contributed by atoms with van der Waals surface area (Å²) in [6.45, 7) is 2.46. The maximum atomic E-state index is 13.0. The number of ether oxygens (including phenoxy) is 1. The number of aromatic nitrogens is 3. The Balaban J connectivity index is 1.65. The molecule has 1 atom stereocenters. The number of nitrogens with one attached hydrogen (secondary N) is 1. The van der Waals surface area contributed by atoms with Crippen molar-refractivity contribution in [2.45, 2.75) is 13.1 Å². The summed E-state index contributed by atoms with van der Waals surface area (Å²) in [5.74, 6) is 0.153. The molecule has 0 unspecified atom stereocenters. The van der Waals surface area contributed by atoms with Crippen LogP contribution in [-0.4, -0.2) is 32.4 Å². The Morgan fingerprint density at radius 3 is 2.48 bits per heavy atom. The number of fused-ring (bicyclic) bond motifs is 3. The third-order valence-corrected chi connectivity index (χ3v) is 5.45. The van der Waals surface area contributed by atoms with Crippen molar-refractivity contribution in [1.29, 1.82) is 0 Å². The predicted molar refractivity (Wildman–Crippen MR) is 123 cm³/mol. The molecule has 0 radical (unpaired) electrons. The Bertz CT molecular complexity index is 1400. The van der Waals surface area contributed by atoms with Crippen molar-refractivity contribution in [3.8, 4) is 28.4 Å². The molecule has 8 heteroatoms. The number of carbonyl (C=O) groups is 1. The molecule has 0 aliphatic carbocycles. The molecule has 5 rings (SSSR count). The fraction of sp³-hybridized carbons (Fsp3) is 0.120. The Kier molecular flexibility index (Phi) is 5.10. The van der Waals surface area contributed by atoms with E-state index in [1.807, 2.05) is 31.2 Å². The number of rotatable bonds is 5. The van der Waals surface area contributed by atoms with E-state index in [2.05, 4.69) is 10.3 Å². The van der Waals surface area contributed by atoms with Crippen LogP contribution in [0.2, 0.25) is 0 Å². The molecule has 0 saturated heterocycles. The van der Waals surface area contributed by atoms with Gasteiger partial charge in [-0.2, -0.15) is 10.1 Å². The molecule has 2 heterocycles. The highest BCUT2D eigenvalue weighted by Crippen LogP contribution is 2.36. The highest BCUT2D eigenvalue weighted by molar-refractivity contribution is 5.87. The molecule has 33 heavy (non-hydrogen) atoms. The van der Waals surface area contributed by atoms with Gasteiger partial charge in [0.25, 0.3) is 5.56 Å². The van der Waals surface area contributed by atoms with E-state index in [1.54, 1.807) is 53.2 Å². The lowest BCUT2D eigenvalue weighted by molar-refractivity contribution is 0.0697. The summed E-state index contributed by atoms with van der Waals surface area (Å²) in [5, 5.41) is 17.4. The van der Waals surface area contributed by atoms with Gasteiger partial charge >= 0.3 is 5.97 Å². The lowest BCUT2D eigenvalue weighted by atomic mass is 10.0. The van der Waals surface area contributed by atoms with Gasteiger partial charge in [-0.15, -0.1) is 0 Å². The normalized spacial score (nSPS) is 14.0. The summed E-state index contributed by atoms with van der Waals surface area (Å²) in [7, 11) is 0. The van der Waals surface area contributed by atoms with Crippen LogP contribution in [0.5, 0.6) is 5.75 Å². The fourth-order valence-corrected chi connectivity index (χ4v) is 3.86. The minimum Gasteiger partial charge on any atom is -0.494 e. The van der Waals surface area contributed by atoms with Gasteiger partial charge in [-0.3, -0.25) is 4.79 Å². The quantitative estimate of drug-likeness (QED) is 0.482. The van der Waals surface area contributed by atoms with E-state index < -0.39 is 17.7 Å². The number of hydrogen-bond donors (Lipinski definition) is 2. The largest absolute Gasteiger partial charge is 0.494 e. The third-order valence-electron chi connectivity index (χ3n) is 5.45. The van der Waals surface area contributed by atoms with Gasteiger partial charge in [0, 0.05) is 16.8 Å². The highest BCUT2D eigenvalue weighted by atomic mass is 16.5. The minimum absolute atomic E-state index is 0.191. The van der Waals surface area contributed by atoms with Crippen LogP contribution in [-0.2, 0) is 0 Å². The van der Waals surface area contributed by atoms with E-state index in [0.29, 0.717) is 23.7 Å². The van der Waals surface area contributed by atoms with Gasteiger partial charge in [0.15, 0.2) is 11.5 Å². The van der Waals surface area contributed by atoms with E-state index in [0.717, 1.165) is 16.8 Å². The van der Waals surface area contributed by atoms with Gasteiger partial charge in [0.2, 0.25) is 0 Å². The molecular formula is C25H20N4O4. The second-order valence-corrected chi connectivity index (χ2v) is 7.51. The van der Waals surface area contributed by atoms with Crippen LogP contribution < -0.4 is 15.6 Å². The van der Waals surface area contributed by atoms with Crippen LogP contribution in [0.4, 0.5) is 5.69 Å². The molecule has 1 aliphatic heterocycles. The van der Waals surface area contributed by atoms with Crippen molar-refractivity contribution in [1.82, 2.24) is 14.8 Å². The van der Waals surface area contributed by atoms with Crippen LogP contribution in [0.25, 0.3) is 22.6 Å². The molecule has 0 amide bonds. The number of para-hydroxylation sites is 1. The Morgan fingerprint density at radius 2 is 1.79 bits per heavy atom. The van der Waals surface area contributed by atoms with E-state index >= 15 is 0 Å². The van der Waals surface area contributed by atoms with Crippen LogP contribution in [0, 0.1) is 0 Å². The Hall–Kier alpha value is -4.46. The molecule has 3 aromatic carbocycles. The maximum Gasteiger partial charge on any atom is 0.335 e. The molecular weight excluding hydrogens is 420 g/mol. The average molecular weight is 440 g/mol. The molecule has 2 N–H and O–H groups in total. The first-order chi connectivity index (χ1) is 16.0. The zero-order chi connectivity index (χ0) is 22.9. The number of carboxylic acid groups (broad SMARTS) is 1. The zero-order valence-electron chi connectivity index (χ0n) is 17.7. The number of nitrogens with zero attached hydrogens (tertiary/aromatic N) is 3. The molecule has 1 aliphatic rings. The maximum absolute atomic E-state index is 13.0. The molecule has 0 spiro atoms. The monoisotopic (exact) mass is 440 g/mol. The molecule has 0 bridgehead atoms. The van der Waals surface area contributed by atoms with Crippen molar-refractivity contribution < 1.29 is 14.6 Å². The lowest BCUT2D eigenvalue weighted by Crippen LogP contribution is -2.32. The number of hydrogen-bond acceptors (Lipinski definition) is 6. The second-order valence-electron chi connectivity index (χ2n) is 7.51. The third kappa shape index (κ3) is 3.71. The molecule has 0 fully saturated rings. The molecule has 1 aromatic heterocycles. The average Bonchev–Trinajstić information content (AvgIpc) is 2.84. The minimum atomic E-state index is -0.995. The summed E-state index contributed by atoms with van der Waals surface area (Å²) in [5.41, 5.74) is 2.97.